The summed E-state index contributed by atoms with van der Waals surface area (Å²) in [7, 11) is 1.58. The Balaban J connectivity index is 1.79. The third kappa shape index (κ3) is 3.78. The SMILES string of the molecule is COc1cc(C(=O)C(=Cc2ccc(C)cc2)n2cncn2)cc2c1OC(C)(C)C2. The van der Waals surface area contributed by atoms with E-state index in [1.807, 2.05) is 57.2 Å². The van der Waals surface area contributed by atoms with Crippen molar-refractivity contribution in [2.24, 2.45) is 0 Å². The highest BCUT2D eigenvalue weighted by atomic mass is 16.5. The molecule has 0 saturated carbocycles. The molecule has 1 aliphatic heterocycles. The zero-order valence-corrected chi connectivity index (χ0v) is 17.0. The second-order valence-corrected chi connectivity index (χ2v) is 7.81. The molecule has 3 aromatic rings. The fourth-order valence-electron chi connectivity index (χ4n) is 3.50. The van der Waals surface area contributed by atoms with Crippen LogP contribution in [-0.2, 0) is 6.42 Å². The summed E-state index contributed by atoms with van der Waals surface area (Å²) in [6, 6.07) is 11.6. The lowest BCUT2D eigenvalue weighted by Gasteiger charge is -2.17. The van der Waals surface area contributed by atoms with Crippen molar-refractivity contribution < 1.29 is 14.3 Å². The molecule has 0 amide bonds. The quantitative estimate of drug-likeness (QED) is 0.484. The van der Waals surface area contributed by atoms with Gasteiger partial charge in [0, 0.05) is 17.5 Å². The maximum atomic E-state index is 13.5. The number of hydrogen-bond acceptors (Lipinski definition) is 5. The zero-order chi connectivity index (χ0) is 20.6. The Kier molecular flexibility index (Phi) is 4.70. The van der Waals surface area contributed by atoms with Crippen LogP contribution in [0, 0.1) is 6.92 Å². The molecule has 0 radical (unpaired) electrons. The van der Waals surface area contributed by atoms with Crippen LogP contribution in [0.5, 0.6) is 11.5 Å². The largest absolute Gasteiger partial charge is 0.493 e. The van der Waals surface area contributed by atoms with E-state index in [1.54, 1.807) is 13.2 Å². The zero-order valence-electron chi connectivity index (χ0n) is 17.0. The molecular weight excluding hydrogens is 366 g/mol. The second-order valence-electron chi connectivity index (χ2n) is 7.81. The average Bonchev–Trinajstić information content (AvgIpc) is 3.32. The Morgan fingerprint density at radius 1 is 1.24 bits per heavy atom. The molecule has 0 N–H and O–H groups in total. The lowest BCUT2D eigenvalue weighted by molar-refractivity contribution is 0.105. The molecular formula is C23H23N3O3. The number of nitrogens with zero attached hydrogens (tertiary/aromatic N) is 3. The number of hydrogen-bond donors (Lipinski definition) is 0. The van der Waals surface area contributed by atoms with Crippen molar-refractivity contribution in [1.82, 2.24) is 14.8 Å². The number of carbonyl (C=O) groups excluding carboxylic acids is 1. The first-order valence-corrected chi connectivity index (χ1v) is 9.44. The van der Waals surface area contributed by atoms with Crippen LogP contribution in [0.25, 0.3) is 11.8 Å². The van der Waals surface area contributed by atoms with Gasteiger partial charge in [0.05, 0.1) is 7.11 Å². The van der Waals surface area contributed by atoms with E-state index in [2.05, 4.69) is 10.1 Å². The van der Waals surface area contributed by atoms with Crippen molar-refractivity contribution in [1.29, 1.82) is 0 Å². The lowest BCUT2D eigenvalue weighted by atomic mass is 9.97. The monoisotopic (exact) mass is 389 g/mol. The molecule has 4 rings (SSSR count). The Bertz CT molecular complexity index is 1080. The van der Waals surface area contributed by atoms with E-state index < -0.39 is 0 Å². The summed E-state index contributed by atoms with van der Waals surface area (Å²) in [6.45, 7) is 6.06. The first kappa shape index (κ1) is 18.9. The van der Waals surface area contributed by atoms with Gasteiger partial charge in [-0.2, -0.15) is 5.10 Å². The van der Waals surface area contributed by atoms with Gasteiger partial charge < -0.3 is 9.47 Å². The molecule has 2 aromatic carbocycles. The van der Waals surface area contributed by atoms with Crippen LogP contribution in [0.1, 0.15) is 40.9 Å². The van der Waals surface area contributed by atoms with E-state index in [0.29, 0.717) is 29.2 Å². The number of methoxy groups -OCH3 is 1. The van der Waals surface area contributed by atoms with E-state index >= 15 is 0 Å². The molecule has 6 nitrogen and oxygen atoms in total. The van der Waals surface area contributed by atoms with E-state index in [4.69, 9.17) is 9.47 Å². The number of aryl methyl sites for hydroxylation is 1. The van der Waals surface area contributed by atoms with Crippen LogP contribution in [0.2, 0.25) is 0 Å². The highest BCUT2D eigenvalue weighted by molar-refractivity contribution is 6.28. The molecule has 0 unspecified atom stereocenters. The van der Waals surface area contributed by atoms with Gasteiger partial charge in [-0.1, -0.05) is 29.8 Å². The van der Waals surface area contributed by atoms with Crippen LogP contribution in [0.15, 0.2) is 49.1 Å². The van der Waals surface area contributed by atoms with Crippen molar-refractivity contribution in [2.75, 3.05) is 7.11 Å². The van der Waals surface area contributed by atoms with E-state index in [0.717, 1.165) is 16.7 Å². The van der Waals surface area contributed by atoms with Crippen molar-refractivity contribution >= 4 is 17.6 Å². The number of rotatable bonds is 5. The number of benzene rings is 2. The minimum absolute atomic E-state index is 0.165. The van der Waals surface area contributed by atoms with Crippen LogP contribution in [-0.4, -0.2) is 33.3 Å². The molecule has 6 heteroatoms. The molecule has 0 spiro atoms. The van der Waals surface area contributed by atoms with E-state index in [9.17, 15) is 4.79 Å². The summed E-state index contributed by atoms with van der Waals surface area (Å²) in [4.78, 5) is 17.5. The number of allylic oxidation sites excluding steroid dienone is 1. The molecule has 1 aromatic heterocycles. The van der Waals surface area contributed by atoms with Crippen molar-refractivity contribution in [3.05, 3.63) is 71.3 Å². The van der Waals surface area contributed by atoms with Gasteiger partial charge in [0.15, 0.2) is 11.5 Å². The van der Waals surface area contributed by atoms with E-state index in [1.165, 1.54) is 17.3 Å². The van der Waals surface area contributed by atoms with E-state index in [-0.39, 0.29) is 11.4 Å². The van der Waals surface area contributed by atoms with Gasteiger partial charge in [-0.05, 0) is 44.5 Å². The molecule has 0 bridgehead atoms. The first-order chi connectivity index (χ1) is 13.9. The van der Waals surface area contributed by atoms with Crippen LogP contribution < -0.4 is 9.47 Å². The van der Waals surface area contributed by atoms with Gasteiger partial charge in [-0.25, -0.2) is 9.67 Å². The molecule has 0 aliphatic carbocycles. The van der Waals surface area contributed by atoms with Gasteiger partial charge >= 0.3 is 0 Å². The topological polar surface area (TPSA) is 66.2 Å². The maximum absolute atomic E-state index is 13.5. The van der Waals surface area contributed by atoms with Crippen molar-refractivity contribution in [3.63, 3.8) is 0 Å². The standard InChI is InChI=1S/C23H23N3O3/c1-15-5-7-16(8-6-15)9-19(26-14-24-13-25-26)21(27)17-10-18-12-23(2,3)29-22(18)20(11-17)28-4/h5-11,13-14H,12H2,1-4H3. The third-order valence-electron chi connectivity index (χ3n) is 4.89. The molecule has 29 heavy (non-hydrogen) atoms. The maximum Gasteiger partial charge on any atom is 0.211 e. The summed E-state index contributed by atoms with van der Waals surface area (Å²) in [5.74, 6) is 1.10. The molecule has 2 heterocycles. The predicted molar refractivity (Wildman–Crippen MR) is 111 cm³/mol. The Morgan fingerprint density at radius 3 is 2.66 bits per heavy atom. The first-order valence-electron chi connectivity index (χ1n) is 9.44. The highest BCUT2D eigenvalue weighted by Gasteiger charge is 2.34. The summed E-state index contributed by atoms with van der Waals surface area (Å²) in [6.07, 6.45) is 5.46. The van der Waals surface area contributed by atoms with Gasteiger partial charge in [-0.3, -0.25) is 4.79 Å². The Morgan fingerprint density at radius 2 is 2.00 bits per heavy atom. The molecule has 0 saturated heterocycles. The normalized spacial score (nSPS) is 15.0. The van der Waals surface area contributed by atoms with Gasteiger partial charge in [0.25, 0.3) is 0 Å². The lowest BCUT2D eigenvalue weighted by Crippen LogP contribution is -2.24. The Hall–Kier alpha value is -3.41. The summed E-state index contributed by atoms with van der Waals surface area (Å²) >= 11 is 0. The third-order valence-corrected chi connectivity index (χ3v) is 4.89. The van der Waals surface area contributed by atoms with Gasteiger partial charge in [-0.15, -0.1) is 0 Å². The van der Waals surface area contributed by atoms with Gasteiger partial charge in [0.2, 0.25) is 5.78 Å². The minimum atomic E-state index is -0.330. The fourth-order valence-corrected chi connectivity index (χ4v) is 3.50. The van der Waals surface area contributed by atoms with Crippen molar-refractivity contribution in [3.8, 4) is 11.5 Å². The summed E-state index contributed by atoms with van der Waals surface area (Å²) < 4.78 is 13.0. The number of aromatic nitrogens is 3. The smallest absolute Gasteiger partial charge is 0.211 e. The summed E-state index contributed by atoms with van der Waals surface area (Å²) in [5, 5.41) is 4.18. The van der Waals surface area contributed by atoms with Crippen LogP contribution in [0.3, 0.4) is 0 Å². The van der Waals surface area contributed by atoms with Gasteiger partial charge in [0.1, 0.15) is 24.0 Å². The average molecular weight is 389 g/mol. The molecule has 148 valence electrons. The minimum Gasteiger partial charge on any atom is -0.493 e. The number of fused-ring (bicyclic) bond motifs is 1. The second kappa shape index (κ2) is 7.20. The van der Waals surface area contributed by atoms with Crippen molar-refractivity contribution in [2.45, 2.75) is 32.8 Å². The number of ether oxygens (including phenoxy) is 2. The van der Waals surface area contributed by atoms with Crippen LogP contribution in [0.4, 0.5) is 0 Å². The molecule has 0 fully saturated rings. The summed E-state index contributed by atoms with van der Waals surface area (Å²) in [5.41, 5.74) is 3.63. The predicted octanol–water partition coefficient (Wildman–Crippen LogP) is 4.19. The molecule has 1 aliphatic rings. The molecule has 0 atom stereocenters. The number of Topliss-reactive ketones (excluding diaryl/α,β-unsaturated/α-hetero) is 1. The Labute approximate surface area is 169 Å². The van der Waals surface area contributed by atoms with Crippen LogP contribution >= 0.6 is 0 Å². The number of ketones is 1. The fraction of sp³-hybridized carbons (Fsp3) is 0.261. The highest BCUT2D eigenvalue weighted by Crippen LogP contribution is 2.43. The number of carbonyl (C=O) groups is 1.